The molecule has 2 nitrogen and oxygen atoms in total. The second-order valence-electron chi connectivity index (χ2n) is 6.36. The van der Waals surface area contributed by atoms with E-state index in [9.17, 15) is 4.79 Å². The van der Waals surface area contributed by atoms with Gasteiger partial charge in [-0.3, -0.25) is 4.79 Å². The second kappa shape index (κ2) is 3.60. The Bertz CT molecular complexity index is 384. The fraction of sp³-hybridized carbons (Fsp3) is 0.800. The van der Waals surface area contributed by atoms with Crippen LogP contribution < -0.4 is 0 Å². The summed E-state index contributed by atoms with van der Waals surface area (Å²) < 4.78 is 5.89. The van der Waals surface area contributed by atoms with E-state index in [1.807, 2.05) is 6.92 Å². The number of carbonyl (C=O) groups is 1. The van der Waals surface area contributed by atoms with Crippen molar-refractivity contribution in [2.75, 3.05) is 0 Å². The molecule has 1 spiro atoms. The van der Waals surface area contributed by atoms with Crippen molar-refractivity contribution in [2.45, 2.75) is 52.1 Å². The third kappa shape index (κ3) is 1.42. The molecular formula is C15H22O2. The lowest BCUT2D eigenvalue weighted by Crippen LogP contribution is -2.50. The normalized spacial score (nSPS) is 49.1. The zero-order valence-electron chi connectivity index (χ0n) is 11.0. The largest absolute Gasteiger partial charge is 0.454 e. The minimum absolute atomic E-state index is 0.0278. The highest BCUT2D eigenvalue weighted by molar-refractivity contribution is 5.76. The lowest BCUT2D eigenvalue weighted by atomic mass is 9.58. The Labute approximate surface area is 103 Å². The van der Waals surface area contributed by atoms with Gasteiger partial charge in [0.2, 0.25) is 0 Å². The summed E-state index contributed by atoms with van der Waals surface area (Å²) in [7, 11) is 0. The van der Waals surface area contributed by atoms with E-state index < -0.39 is 0 Å². The summed E-state index contributed by atoms with van der Waals surface area (Å²) in [6, 6.07) is 0. The summed E-state index contributed by atoms with van der Waals surface area (Å²) in [5, 5.41) is 0. The highest BCUT2D eigenvalue weighted by atomic mass is 16.6. The van der Waals surface area contributed by atoms with Crippen LogP contribution in [0.15, 0.2) is 11.6 Å². The van der Waals surface area contributed by atoms with Crippen LogP contribution in [-0.4, -0.2) is 11.6 Å². The van der Waals surface area contributed by atoms with Crippen LogP contribution in [0.2, 0.25) is 0 Å². The molecule has 1 saturated carbocycles. The summed E-state index contributed by atoms with van der Waals surface area (Å²) in [5.74, 6) is 1.78. The lowest BCUT2D eigenvalue weighted by Gasteiger charge is -2.48. The Kier molecular flexibility index (Phi) is 2.39. The van der Waals surface area contributed by atoms with Gasteiger partial charge in [-0.05, 0) is 44.6 Å². The summed E-state index contributed by atoms with van der Waals surface area (Å²) in [6.45, 7) is 6.55. The standard InChI is InChI=1S/C15H22O2/c1-9-4-6-12-10(2)5-7-13-11(3)14(16)17-15(12,13)8-9/h8,10-13H,4-7H2,1-3H3/t10-,11-,12+,13+,15+/m0/s1. The van der Waals surface area contributed by atoms with E-state index in [2.05, 4.69) is 19.9 Å². The molecule has 17 heavy (non-hydrogen) atoms. The van der Waals surface area contributed by atoms with E-state index in [0.29, 0.717) is 17.8 Å². The monoisotopic (exact) mass is 234 g/mol. The molecule has 0 aromatic carbocycles. The molecule has 1 heterocycles. The third-order valence-corrected chi connectivity index (χ3v) is 5.35. The SMILES string of the molecule is CC1=C[C@]23OC(=O)[C@@H](C)[C@H]2CC[C@H](C)[C@H]3CC1. The molecule has 2 heteroatoms. The van der Waals surface area contributed by atoms with Crippen molar-refractivity contribution in [3.63, 3.8) is 0 Å². The third-order valence-electron chi connectivity index (χ3n) is 5.35. The fourth-order valence-corrected chi connectivity index (χ4v) is 4.41. The minimum Gasteiger partial charge on any atom is -0.454 e. The van der Waals surface area contributed by atoms with Gasteiger partial charge in [-0.25, -0.2) is 0 Å². The second-order valence-corrected chi connectivity index (χ2v) is 6.36. The summed E-state index contributed by atoms with van der Waals surface area (Å²) >= 11 is 0. The van der Waals surface area contributed by atoms with E-state index in [1.165, 1.54) is 24.8 Å². The predicted molar refractivity (Wildman–Crippen MR) is 66.4 cm³/mol. The van der Waals surface area contributed by atoms with Crippen molar-refractivity contribution in [3.8, 4) is 0 Å². The minimum atomic E-state index is -0.240. The predicted octanol–water partition coefficient (Wildman–Crippen LogP) is 3.32. The van der Waals surface area contributed by atoms with Gasteiger partial charge in [-0.15, -0.1) is 0 Å². The number of esters is 1. The molecule has 2 fully saturated rings. The maximum absolute atomic E-state index is 12.0. The summed E-state index contributed by atoms with van der Waals surface area (Å²) in [6.07, 6.45) is 7.07. The van der Waals surface area contributed by atoms with Gasteiger partial charge in [-0.1, -0.05) is 19.4 Å². The zero-order valence-corrected chi connectivity index (χ0v) is 11.0. The van der Waals surface area contributed by atoms with Gasteiger partial charge in [-0.2, -0.15) is 0 Å². The lowest BCUT2D eigenvalue weighted by molar-refractivity contribution is -0.155. The van der Waals surface area contributed by atoms with Crippen LogP contribution >= 0.6 is 0 Å². The fourth-order valence-electron chi connectivity index (χ4n) is 4.41. The van der Waals surface area contributed by atoms with Gasteiger partial charge < -0.3 is 4.74 Å². The molecule has 1 saturated heterocycles. The molecule has 1 aliphatic heterocycles. The Morgan fingerprint density at radius 2 is 2.00 bits per heavy atom. The number of carbonyl (C=O) groups excluding carboxylic acids is 1. The number of hydrogen-bond donors (Lipinski definition) is 0. The maximum Gasteiger partial charge on any atom is 0.309 e. The average molecular weight is 234 g/mol. The van der Waals surface area contributed by atoms with Gasteiger partial charge in [0.05, 0.1) is 5.92 Å². The van der Waals surface area contributed by atoms with Crippen molar-refractivity contribution < 1.29 is 9.53 Å². The highest BCUT2D eigenvalue weighted by Gasteiger charge is 2.60. The van der Waals surface area contributed by atoms with Crippen LogP contribution in [0.3, 0.4) is 0 Å². The van der Waals surface area contributed by atoms with Crippen molar-refractivity contribution in [1.29, 1.82) is 0 Å². The summed E-state index contributed by atoms with van der Waals surface area (Å²) in [5.41, 5.74) is 1.17. The van der Waals surface area contributed by atoms with Gasteiger partial charge in [0.1, 0.15) is 5.60 Å². The van der Waals surface area contributed by atoms with E-state index in [-0.39, 0.29) is 17.5 Å². The Morgan fingerprint density at radius 3 is 2.76 bits per heavy atom. The number of allylic oxidation sites excluding steroid dienone is 1. The molecule has 3 rings (SSSR count). The van der Waals surface area contributed by atoms with Crippen molar-refractivity contribution in [3.05, 3.63) is 11.6 Å². The average Bonchev–Trinajstić information content (AvgIpc) is 2.50. The molecule has 0 unspecified atom stereocenters. The Balaban J connectivity index is 2.07. The first-order valence-electron chi connectivity index (χ1n) is 6.96. The molecular weight excluding hydrogens is 212 g/mol. The zero-order chi connectivity index (χ0) is 12.2. The van der Waals surface area contributed by atoms with E-state index in [1.54, 1.807) is 0 Å². The Morgan fingerprint density at radius 1 is 1.24 bits per heavy atom. The summed E-state index contributed by atoms with van der Waals surface area (Å²) in [4.78, 5) is 12.0. The smallest absolute Gasteiger partial charge is 0.309 e. The van der Waals surface area contributed by atoms with Gasteiger partial charge >= 0.3 is 5.97 Å². The van der Waals surface area contributed by atoms with Crippen LogP contribution in [0.1, 0.15) is 46.5 Å². The molecule has 3 aliphatic rings. The number of hydrogen-bond acceptors (Lipinski definition) is 2. The molecule has 2 aliphatic carbocycles. The van der Waals surface area contributed by atoms with Crippen LogP contribution in [-0.2, 0) is 9.53 Å². The highest BCUT2D eigenvalue weighted by Crippen LogP contribution is 2.56. The van der Waals surface area contributed by atoms with E-state index in [0.717, 1.165) is 6.42 Å². The molecule has 5 atom stereocenters. The first-order chi connectivity index (χ1) is 8.04. The topological polar surface area (TPSA) is 26.3 Å². The molecule has 94 valence electrons. The van der Waals surface area contributed by atoms with Crippen LogP contribution in [0.25, 0.3) is 0 Å². The molecule has 0 N–H and O–H groups in total. The molecule has 0 bridgehead atoms. The van der Waals surface area contributed by atoms with Gasteiger partial charge in [0, 0.05) is 11.8 Å². The molecule has 0 radical (unpaired) electrons. The molecule has 0 amide bonds. The van der Waals surface area contributed by atoms with Crippen molar-refractivity contribution >= 4 is 5.97 Å². The van der Waals surface area contributed by atoms with Gasteiger partial charge in [0.15, 0.2) is 0 Å². The number of ether oxygens (including phenoxy) is 1. The number of rotatable bonds is 0. The van der Waals surface area contributed by atoms with Gasteiger partial charge in [0.25, 0.3) is 0 Å². The maximum atomic E-state index is 12.0. The Hall–Kier alpha value is -0.790. The van der Waals surface area contributed by atoms with Crippen molar-refractivity contribution in [1.82, 2.24) is 0 Å². The van der Waals surface area contributed by atoms with E-state index >= 15 is 0 Å². The van der Waals surface area contributed by atoms with Crippen LogP contribution in [0.5, 0.6) is 0 Å². The quantitative estimate of drug-likeness (QED) is 0.475. The first kappa shape index (κ1) is 11.3. The van der Waals surface area contributed by atoms with Crippen LogP contribution in [0, 0.1) is 23.7 Å². The van der Waals surface area contributed by atoms with E-state index in [4.69, 9.17) is 4.74 Å². The molecule has 0 aromatic heterocycles. The first-order valence-corrected chi connectivity index (χ1v) is 6.96. The molecule has 0 aromatic rings. The van der Waals surface area contributed by atoms with Crippen molar-refractivity contribution in [2.24, 2.45) is 23.7 Å². The van der Waals surface area contributed by atoms with Crippen LogP contribution in [0.4, 0.5) is 0 Å².